The first kappa shape index (κ1) is 18.1. The van der Waals surface area contributed by atoms with Crippen molar-refractivity contribution >= 4 is 11.8 Å². The van der Waals surface area contributed by atoms with Gasteiger partial charge in [0.05, 0.1) is 0 Å². The number of hydrogen-bond acceptors (Lipinski definition) is 2. The number of Topliss-reactive ketones (excluding diaryl/α,β-unsaturated/α-hetero) is 1. The van der Waals surface area contributed by atoms with Crippen molar-refractivity contribution in [3.63, 3.8) is 0 Å². The summed E-state index contributed by atoms with van der Waals surface area (Å²) in [6.07, 6.45) is 6.57. The Morgan fingerprint density at radius 2 is 1.37 bits per heavy atom. The third-order valence-electron chi connectivity index (χ3n) is 4.27. The van der Waals surface area contributed by atoms with E-state index >= 15 is 0 Å². The number of carbonyl (C=O) groups is 2. The van der Waals surface area contributed by atoms with Crippen molar-refractivity contribution in [3.05, 3.63) is 0 Å². The second-order valence-electron chi connectivity index (χ2n) is 5.44. The highest BCUT2D eigenvalue weighted by atomic mass is 16.4. The van der Waals surface area contributed by atoms with Gasteiger partial charge in [-0.05, 0) is 25.7 Å². The largest absolute Gasteiger partial charge is 0.480 e. The Labute approximate surface area is 117 Å². The van der Waals surface area contributed by atoms with Gasteiger partial charge in [-0.15, -0.1) is 0 Å². The van der Waals surface area contributed by atoms with Gasteiger partial charge >= 0.3 is 5.97 Å². The molecule has 0 unspecified atom stereocenters. The van der Waals surface area contributed by atoms with E-state index in [4.69, 9.17) is 0 Å². The fourth-order valence-corrected chi connectivity index (χ4v) is 2.70. The van der Waals surface area contributed by atoms with Gasteiger partial charge in [-0.3, -0.25) is 9.59 Å². The van der Waals surface area contributed by atoms with Crippen LogP contribution in [0.3, 0.4) is 0 Å². The first-order valence-electron chi connectivity index (χ1n) is 7.77. The molecule has 0 aromatic heterocycles. The number of rotatable bonds is 11. The molecule has 0 radical (unpaired) electrons. The number of carboxylic acids is 1. The maximum absolute atomic E-state index is 12.7. The quantitative estimate of drug-likeness (QED) is 0.564. The molecule has 0 fully saturated rings. The van der Waals surface area contributed by atoms with Crippen molar-refractivity contribution in [2.75, 3.05) is 0 Å². The molecule has 0 atom stereocenters. The second kappa shape index (κ2) is 9.11. The highest BCUT2D eigenvalue weighted by Gasteiger charge is 2.45. The van der Waals surface area contributed by atoms with E-state index in [1.165, 1.54) is 0 Å². The Kier molecular flexibility index (Phi) is 8.70. The lowest BCUT2D eigenvalue weighted by Gasteiger charge is -2.29. The van der Waals surface area contributed by atoms with Crippen LogP contribution < -0.4 is 0 Å². The van der Waals surface area contributed by atoms with E-state index in [1.807, 2.05) is 13.8 Å². The zero-order valence-corrected chi connectivity index (χ0v) is 13.0. The minimum atomic E-state index is -1.16. The summed E-state index contributed by atoms with van der Waals surface area (Å²) < 4.78 is 0. The molecule has 112 valence electrons. The molecule has 3 heteroatoms. The maximum Gasteiger partial charge on any atom is 0.317 e. The predicted molar refractivity (Wildman–Crippen MR) is 78.2 cm³/mol. The van der Waals surface area contributed by atoms with Gasteiger partial charge in [0.15, 0.2) is 5.78 Å². The molecule has 0 aromatic carbocycles. The summed E-state index contributed by atoms with van der Waals surface area (Å²) in [5, 5.41) is 9.47. The van der Waals surface area contributed by atoms with Gasteiger partial charge in [0.2, 0.25) is 0 Å². The van der Waals surface area contributed by atoms with Crippen LogP contribution in [0.2, 0.25) is 0 Å². The Hall–Kier alpha value is -0.860. The smallest absolute Gasteiger partial charge is 0.317 e. The van der Waals surface area contributed by atoms with Gasteiger partial charge in [-0.25, -0.2) is 0 Å². The maximum atomic E-state index is 12.7. The van der Waals surface area contributed by atoms with Gasteiger partial charge in [-0.1, -0.05) is 53.4 Å². The normalized spacial score (nSPS) is 11.8. The fraction of sp³-hybridized carbons (Fsp3) is 0.875. The lowest BCUT2D eigenvalue weighted by Crippen LogP contribution is -2.42. The summed E-state index contributed by atoms with van der Waals surface area (Å²) in [4.78, 5) is 24.3. The van der Waals surface area contributed by atoms with Gasteiger partial charge in [0, 0.05) is 5.92 Å². The lowest BCUT2D eigenvalue weighted by molar-refractivity contribution is -0.157. The molecule has 0 amide bonds. The van der Waals surface area contributed by atoms with Crippen molar-refractivity contribution in [2.24, 2.45) is 11.3 Å². The average molecular weight is 270 g/mol. The zero-order valence-electron chi connectivity index (χ0n) is 13.0. The standard InChI is InChI=1S/C16H30O3/c1-5-9-11-13(12-10-6-2)14(17)16(7-3,8-4)15(18)19/h13H,5-12H2,1-4H3,(H,18,19). The minimum absolute atomic E-state index is 0.0353. The molecule has 0 aliphatic rings. The van der Waals surface area contributed by atoms with Crippen LogP contribution in [0.1, 0.15) is 79.1 Å². The van der Waals surface area contributed by atoms with Gasteiger partial charge < -0.3 is 5.11 Å². The molecule has 0 aliphatic heterocycles. The Morgan fingerprint density at radius 1 is 0.947 bits per heavy atom. The molecule has 19 heavy (non-hydrogen) atoms. The molecule has 0 spiro atoms. The van der Waals surface area contributed by atoms with Crippen LogP contribution in [-0.2, 0) is 9.59 Å². The van der Waals surface area contributed by atoms with Crippen LogP contribution in [0.15, 0.2) is 0 Å². The molecule has 0 aliphatic carbocycles. The third kappa shape index (κ3) is 4.63. The lowest BCUT2D eigenvalue weighted by atomic mass is 9.71. The van der Waals surface area contributed by atoms with E-state index in [1.54, 1.807) is 0 Å². The van der Waals surface area contributed by atoms with Crippen molar-refractivity contribution in [3.8, 4) is 0 Å². The van der Waals surface area contributed by atoms with Gasteiger partial charge in [-0.2, -0.15) is 0 Å². The highest BCUT2D eigenvalue weighted by molar-refractivity contribution is 6.04. The minimum Gasteiger partial charge on any atom is -0.480 e. The molecule has 0 saturated heterocycles. The first-order valence-corrected chi connectivity index (χ1v) is 7.77. The molecule has 0 rings (SSSR count). The number of hydrogen-bond donors (Lipinski definition) is 1. The fourth-order valence-electron chi connectivity index (χ4n) is 2.70. The Bertz CT molecular complexity index is 272. The van der Waals surface area contributed by atoms with E-state index in [-0.39, 0.29) is 11.7 Å². The molecule has 0 aromatic rings. The monoisotopic (exact) mass is 270 g/mol. The Morgan fingerprint density at radius 3 is 1.63 bits per heavy atom. The van der Waals surface area contributed by atoms with Crippen molar-refractivity contribution in [1.29, 1.82) is 0 Å². The SMILES string of the molecule is CCCCC(CCCC)C(=O)C(CC)(CC)C(=O)O. The predicted octanol–water partition coefficient (Wildman–Crippen LogP) is 4.44. The molecular weight excluding hydrogens is 240 g/mol. The summed E-state index contributed by atoms with van der Waals surface area (Å²) in [7, 11) is 0. The van der Waals surface area contributed by atoms with Gasteiger partial charge in [0.25, 0.3) is 0 Å². The number of unbranched alkanes of at least 4 members (excludes halogenated alkanes) is 2. The third-order valence-corrected chi connectivity index (χ3v) is 4.27. The number of aliphatic carboxylic acids is 1. The van der Waals surface area contributed by atoms with Gasteiger partial charge in [0.1, 0.15) is 5.41 Å². The molecule has 3 nitrogen and oxygen atoms in total. The molecular formula is C16H30O3. The second-order valence-corrected chi connectivity index (χ2v) is 5.44. The van der Waals surface area contributed by atoms with Crippen LogP contribution in [0, 0.1) is 11.3 Å². The number of ketones is 1. The highest BCUT2D eigenvalue weighted by Crippen LogP contribution is 2.34. The molecule has 0 bridgehead atoms. The summed E-state index contributed by atoms with van der Waals surface area (Å²) in [6.45, 7) is 7.83. The number of carbonyl (C=O) groups excluding carboxylic acids is 1. The molecule has 0 saturated carbocycles. The van der Waals surface area contributed by atoms with Crippen molar-refractivity contribution in [2.45, 2.75) is 79.1 Å². The van der Waals surface area contributed by atoms with Crippen molar-refractivity contribution < 1.29 is 14.7 Å². The number of carboxylic acid groups (broad SMARTS) is 1. The summed E-state index contributed by atoms with van der Waals surface area (Å²) >= 11 is 0. The van der Waals surface area contributed by atoms with E-state index in [9.17, 15) is 14.7 Å². The molecule has 0 heterocycles. The summed E-state index contributed by atoms with van der Waals surface area (Å²) in [5.74, 6) is -1.05. The van der Waals surface area contributed by atoms with Crippen LogP contribution in [-0.4, -0.2) is 16.9 Å². The van der Waals surface area contributed by atoms with E-state index in [0.717, 1.165) is 38.5 Å². The zero-order chi connectivity index (χ0) is 14.9. The summed E-state index contributed by atoms with van der Waals surface area (Å²) in [5.41, 5.74) is -1.16. The van der Waals surface area contributed by atoms with Crippen molar-refractivity contribution in [1.82, 2.24) is 0 Å². The van der Waals surface area contributed by atoms with Crippen LogP contribution >= 0.6 is 0 Å². The van der Waals surface area contributed by atoms with Crippen LogP contribution in [0.5, 0.6) is 0 Å². The average Bonchev–Trinajstić information content (AvgIpc) is 2.40. The topological polar surface area (TPSA) is 54.4 Å². The molecule has 1 N–H and O–H groups in total. The summed E-state index contributed by atoms with van der Waals surface area (Å²) in [6, 6.07) is 0. The Balaban J connectivity index is 5.05. The van der Waals surface area contributed by atoms with E-state index in [2.05, 4.69) is 13.8 Å². The first-order chi connectivity index (χ1) is 8.99. The van der Waals surface area contributed by atoms with E-state index in [0.29, 0.717) is 12.8 Å². The van der Waals surface area contributed by atoms with Crippen LogP contribution in [0.25, 0.3) is 0 Å². The van der Waals surface area contributed by atoms with E-state index < -0.39 is 11.4 Å². The van der Waals surface area contributed by atoms with Crippen LogP contribution in [0.4, 0.5) is 0 Å².